The second-order valence-electron chi connectivity index (χ2n) is 8.63. The van der Waals surface area contributed by atoms with Crippen LogP contribution in [0.2, 0.25) is 0 Å². The third-order valence-corrected chi connectivity index (χ3v) is 7.13. The monoisotopic (exact) mass is 547 g/mol. The predicted octanol–water partition coefficient (Wildman–Crippen LogP) is 3.61. The highest BCUT2D eigenvalue weighted by molar-refractivity contribution is 7.13. The smallest absolute Gasteiger partial charge is 0.273 e. The molecule has 0 aliphatic carbocycles. The molecule has 13 heteroatoms. The van der Waals surface area contributed by atoms with Crippen molar-refractivity contribution in [3.05, 3.63) is 59.4 Å². The number of hydrogen-bond donors (Lipinski definition) is 1. The quantitative estimate of drug-likeness (QED) is 0.308. The molecule has 1 fully saturated rings. The van der Waals surface area contributed by atoms with E-state index in [1.165, 1.54) is 11.3 Å². The molecule has 1 aromatic carbocycles. The first-order valence-electron chi connectivity index (χ1n) is 12.2. The molecule has 200 valence electrons. The maximum absolute atomic E-state index is 13.0. The van der Waals surface area contributed by atoms with Crippen molar-refractivity contribution in [3.63, 3.8) is 0 Å². The van der Waals surface area contributed by atoms with Crippen LogP contribution in [0.3, 0.4) is 0 Å². The normalized spacial score (nSPS) is 13.5. The van der Waals surface area contributed by atoms with Gasteiger partial charge in [0.2, 0.25) is 11.8 Å². The SMILES string of the molecule is COc1ccc(CNc2ncc(-c3nc(C(=O)N4CCOCC4)cs3)c3nc(-c4ccco4)nn23)cc1OC. The van der Waals surface area contributed by atoms with E-state index in [2.05, 4.69) is 20.4 Å². The van der Waals surface area contributed by atoms with Gasteiger partial charge in [0, 0.05) is 31.2 Å². The molecule has 1 N–H and O–H groups in total. The first kappa shape index (κ1) is 24.8. The zero-order chi connectivity index (χ0) is 26.8. The topological polar surface area (TPSA) is 129 Å². The van der Waals surface area contributed by atoms with Gasteiger partial charge in [-0.3, -0.25) is 4.79 Å². The number of rotatable bonds is 8. The van der Waals surface area contributed by atoms with Crippen LogP contribution in [0.15, 0.2) is 52.6 Å². The fourth-order valence-electron chi connectivity index (χ4n) is 4.25. The number of morpholine rings is 1. The second kappa shape index (κ2) is 10.7. The summed E-state index contributed by atoms with van der Waals surface area (Å²) in [6, 6.07) is 9.26. The van der Waals surface area contributed by atoms with Gasteiger partial charge in [-0.2, -0.15) is 4.52 Å². The highest BCUT2D eigenvalue weighted by Crippen LogP contribution is 2.31. The van der Waals surface area contributed by atoms with E-state index in [4.69, 9.17) is 23.6 Å². The number of carbonyl (C=O) groups excluding carboxylic acids is 1. The van der Waals surface area contributed by atoms with E-state index in [1.54, 1.807) is 53.6 Å². The Balaban J connectivity index is 1.33. The molecule has 5 aromatic rings. The molecule has 4 aromatic heterocycles. The molecule has 0 unspecified atom stereocenters. The van der Waals surface area contributed by atoms with Crippen LogP contribution in [0.25, 0.3) is 27.8 Å². The maximum Gasteiger partial charge on any atom is 0.273 e. The maximum atomic E-state index is 13.0. The second-order valence-corrected chi connectivity index (χ2v) is 9.49. The lowest BCUT2D eigenvalue weighted by atomic mass is 10.2. The van der Waals surface area contributed by atoms with Crippen LogP contribution in [-0.4, -0.2) is 75.9 Å². The van der Waals surface area contributed by atoms with Crippen molar-refractivity contribution in [3.8, 4) is 33.7 Å². The number of nitrogens with zero attached hydrogens (tertiary/aromatic N) is 6. The highest BCUT2D eigenvalue weighted by atomic mass is 32.1. The lowest BCUT2D eigenvalue weighted by molar-refractivity contribution is 0.0299. The van der Waals surface area contributed by atoms with Crippen LogP contribution in [0.4, 0.5) is 5.95 Å². The van der Waals surface area contributed by atoms with E-state index in [0.717, 1.165) is 5.56 Å². The number of aromatic nitrogens is 5. The van der Waals surface area contributed by atoms with Crippen molar-refractivity contribution in [2.45, 2.75) is 6.54 Å². The van der Waals surface area contributed by atoms with Crippen LogP contribution in [0.5, 0.6) is 11.5 Å². The Hall–Kier alpha value is -4.49. The Bertz CT molecular complexity index is 1610. The average Bonchev–Trinajstić information content (AvgIpc) is 3.77. The van der Waals surface area contributed by atoms with Gasteiger partial charge in [0.25, 0.3) is 5.91 Å². The van der Waals surface area contributed by atoms with Crippen molar-refractivity contribution < 1.29 is 23.4 Å². The minimum atomic E-state index is -0.115. The Morgan fingerprint density at radius 2 is 1.97 bits per heavy atom. The molecule has 1 aliphatic heterocycles. The summed E-state index contributed by atoms with van der Waals surface area (Å²) in [5.41, 5.74) is 2.54. The lowest BCUT2D eigenvalue weighted by Gasteiger charge is -2.25. The molecule has 0 spiro atoms. The van der Waals surface area contributed by atoms with Crippen LogP contribution < -0.4 is 14.8 Å². The van der Waals surface area contributed by atoms with Gasteiger partial charge in [0.1, 0.15) is 10.7 Å². The first-order chi connectivity index (χ1) is 19.1. The molecular formula is C26H25N7O5S. The Morgan fingerprint density at radius 1 is 1.13 bits per heavy atom. The molecule has 1 aliphatic rings. The number of ether oxygens (including phenoxy) is 3. The summed E-state index contributed by atoms with van der Waals surface area (Å²) in [7, 11) is 3.20. The number of fused-ring (bicyclic) bond motifs is 1. The summed E-state index contributed by atoms with van der Waals surface area (Å²) in [6.07, 6.45) is 3.26. The molecule has 5 heterocycles. The van der Waals surface area contributed by atoms with Crippen molar-refractivity contribution >= 4 is 28.8 Å². The predicted molar refractivity (Wildman–Crippen MR) is 143 cm³/mol. The van der Waals surface area contributed by atoms with Crippen LogP contribution >= 0.6 is 11.3 Å². The van der Waals surface area contributed by atoms with Crippen LogP contribution in [0, 0.1) is 0 Å². The zero-order valence-corrected chi connectivity index (χ0v) is 22.1. The van der Waals surface area contributed by atoms with Crippen LogP contribution in [-0.2, 0) is 11.3 Å². The standard InChI is InChI=1S/C26H25N7O5S/c1-35-19-6-5-16(12-21(19)36-2)13-27-26-28-14-17(23-30-22(31-33(23)26)20-4-3-9-38-20)24-29-18(15-39-24)25(34)32-7-10-37-11-8-32/h3-6,9,12,14-15H,7-8,10-11,13H2,1-2H3,(H,27,28). The summed E-state index contributed by atoms with van der Waals surface area (Å²) in [4.78, 5) is 28.7. The number of carbonyl (C=O) groups is 1. The van der Waals surface area contributed by atoms with E-state index >= 15 is 0 Å². The number of furan rings is 1. The van der Waals surface area contributed by atoms with Crippen molar-refractivity contribution in [2.75, 3.05) is 45.8 Å². The summed E-state index contributed by atoms with van der Waals surface area (Å²) in [5.74, 6) is 2.59. The van der Waals surface area contributed by atoms with Gasteiger partial charge >= 0.3 is 0 Å². The number of amides is 1. The average molecular weight is 548 g/mol. The van der Waals surface area contributed by atoms with Gasteiger partial charge in [-0.15, -0.1) is 16.4 Å². The van der Waals surface area contributed by atoms with Crippen molar-refractivity contribution in [1.82, 2.24) is 29.5 Å². The fraction of sp³-hybridized carbons (Fsp3) is 0.269. The number of nitrogens with one attached hydrogen (secondary N) is 1. The molecule has 1 saturated heterocycles. The molecule has 0 radical (unpaired) electrons. The van der Waals surface area contributed by atoms with Gasteiger partial charge in [-0.05, 0) is 29.8 Å². The van der Waals surface area contributed by atoms with E-state index in [1.807, 2.05) is 18.2 Å². The summed E-state index contributed by atoms with van der Waals surface area (Å²) in [5, 5.41) is 10.4. The molecule has 6 rings (SSSR count). The molecule has 12 nitrogen and oxygen atoms in total. The van der Waals surface area contributed by atoms with Crippen molar-refractivity contribution in [1.29, 1.82) is 0 Å². The van der Waals surface area contributed by atoms with E-state index < -0.39 is 0 Å². The van der Waals surface area contributed by atoms with Gasteiger partial charge in [-0.1, -0.05) is 6.07 Å². The van der Waals surface area contributed by atoms with Gasteiger partial charge < -0.3 is 28.8 Å². The molecular weight excluding hydrogens is 522 g/mol. The summed E-state index contributed by atoms with van der Waals surface area (Å²) >= 11 is 1.36. The van der Waals surface area contributed by atoms with Crippen molar-refractivity contribution in [2.24, 2.45) is 0 Å². The van der Waals surface area contributed by atoms with Gasteiger partial charge in [-0.25, -0.2) is 15.0 Å². The van der Waals surface area contributed by atoms with E-state index in [-0.39, 0.29) is 5.91 Å². The number of methoxy groups -OCH3 is 2. The Morgan fingerprint density at radius 3 is 2.74 bits per heavy atom. The number of thiazole rings is 1. The van der Waals surface area contributed by atoms with E-state index in [9.17, 15) is 4.79 Å². The van der Waals surface area contributed by atoms with Crippen LogP contribution in [0.1, 0.15) is 16.1 Å². The minimum absolute atomic E-state index is 0.115. The summed E-state index contributed by atoms with van der Waals surface area (Å²) in [6.45, 7) is 2.61. The molecule has 39 heavy (non-hydrogen) atoms. The number of anilines is 1. The Labute approximate surface area is 227 Å². The van der Waals surface area contributed by atoms with Gasteiger partial charge in [0.15, 0.2) is 22.9 Å². The third-order valence-electron chi connectivity index (χ3n) is 6.26. The molecule has 0 saturated carbocycles. The molecule has 0 atom stereocenters. The molecule has 1 amide bonds. The first-order valence-corrected chi connectivity index (χ1v) is 13.1. The Kier molecular flexibility index (Phi) is 6.82. The number of benzene rings is 1. The zero-order valence-electron chi connectivity index (χ0n) is 21.3. The number of hydrogen-bond acceptors (Lipinski definition) is 11. The van der Waals surface area contributed by atoms with E-state index in [0.29, 0.717) is 83.8 Å². The third kappa shape index (κ3) is 4.89. The fourth-order valence-corrected chi connectivity index (χ4v) is 5.05. The summed E-state index contributed by atoms with van der Waals surface area (Å²) < 4.78 is 23.3. The lowest BCUT2D eigenvalue weighted by Crippen LogP contribution is -2.40. The highest BCUT2D eigenvalue weighted by Gasteiger charge is 2.23. The minimum Gasteiger partial charge on any atom is -0.493 e. The molecule has 0 bridgehead atoms. The van der Waals surface area contributed by atoms with Gasteiger partial charge in [0.05, 0.1) is 39.3 Å². The largest absolute Gasteiger partial charge is 0.493 e.